The van der Waals surface area contributed by atoms with Crippen LogP contribution in [0.4, 0.5) is 5.13 Å². The van der Waals surface area contributed by atoms with Gasteiger partial charge in [0.05, 0.1) is 11.4 Å². The highest BCUT2D eigenvalue weighted by Crippen LogP contribution is 2.28. The molecule has 2 aromatic rings. The van der Waals surface area contributed by atoms with Gasteiger partial charge < -0.3 is 25.6 Å². The van der Waals surface area contributed by atoms with Gasteiger partial charge in [-0.3, -0.25) is 4.79 Å². The first kappa shape index (κ1) is 21.5. The van der Waals surface area contributed by atoms with Gasteiger partial charge in [-0.25, -0.2) is 14.8 Å². The number of halogens is 1. The lowest BCUT2D eigenvalue weighted by Gasteiger charge is -2.39. The normalized spacial score (nSPS) is 19.4. The molecule has 0 spiro atoms. The Morgan fingerprint density at radius 2 is 2.10 bits per heavy atom. The number of H-pyrrole nitrogens is 1. The highest BCUT2D eigenvalue weighted by atomic mass is 35.5. The number of carboxylic acids is 1. The second-order valence-corrected chi connectivity index (χ2v) is 8.24. The molecular weight excluding hydrogens is 416 g/mol. The monoisotopic (exact) mass is 440 g/mol. The van der Waals surface area contributed by atoms with E-state index in [2.05, 4.69) is 30.5 Å². The minimum atomic E-state index is -0.958. The number of hydrogen-bond acceptors (Lipinski definition) is 7. The lowest BCUT2D eigenvalue weighted by molar-refractivity contribution is 0.0700. The molecule has 1 aliphatic heterocycles. The Balaban J connectivity index is 1.70. The molecule has 4 N–H and O–H groups in total. The smallest absolute Gasteiger partial charge is 0.347 e. The van der Waals surface area contributed by atoms with Crippen molar-refractivity contribution in [1.82, 2.24) is 25.6 Å². The summed E-state index contributed by atoms with van der Waals surface area (Å²) in [6, 6.07) is -0.0982. The Kier molecular flexibility index (Phi) is 6.76. The third-order valence-electron chi connectivity index (χ3n) is 4.94. The molecule has 1 aliphatic rings. The molecule has 0 bridgehead atoms. The fourth-order valence-corrected chi connectivity index (χ4v) is 4.66. The third-order valence-corrected chi connectivity index (χ3v) is 6.46. The number of nitrogens with one attached hydrogen (secondary N) is 3. The maximum atomic E-state index is 12.6. The second kappa shape index (κ2) is 9.10. The molecule has 2 aromatic heterocycles. The maximum absolute atomic E-state index is 12.6. The molecule has 29 heavy (non-hydrogen) atoms. The van der Waals surface area contributed by atoms with Gasteiger partial charge in [0.15, 0.2) is 16.1 Å². The van der Waals surface area contributed by atoms with E-state index in [-0.39, 0.29) is 28.7 Å². The summed E-state index contributed by atoms with van der Waals surface area (Å²) in [6.45, 7) is 7.68. The summed E-state index contributed by atoms with van der Waals surface area (Å²) < 4.78 is 0. The van der Waals surface area contributed by atoms with Crippen LogP contribution in [0.25, 0.3) is 0 Å². The van der Waals surface area contributed by atoms with E-state index in [0.29, 0.717) is 41.9 Å². The van der Waals surface area contributed by atoms with Crippen molar-refractivity contribution in [3.8, 4) is 0 Å². The summed E-state index contributed by atoms with van der Waals surface area (Å²) in [4.78, 5) is 37.8. The highest BCUT2D eigenvalue weighted by molar-refractivity contribution is 7.17. The SMILES string of the molecule is CCN[C@H]1CN(c2nc(C)c(C(=O)O)s2)CC[C@@H]1NC(=O)c1nc(Cl)c(CC)[nH]1. The number of amides is 1. The van der Waals surface area contributed by atoms with Crippen molar-refractivity contribution in [3.05, 3.63) is 27.2 Å². The van der Waals surface area contributed by atoms with Crippen molar-refractivity contribution in [2.75, 3.05) is 24.5 Å². The van der Waals surface area contributed by atoms with Gasteiger partial charge >= 0.3 is 5.97 Å². The van der Waals surface area contributed by atoms with Gasteiger partial charge in [-0.05, 0) is 26.3 Å². The molecule has 1 fully saturated rings. The number of nitrogens with zero attached hydrogens (tertiary/aromatic N) is 3. The van der Waals surface area contributed by atoms with E-state index in [1.54, 1.807) is 6.92 Å². The van der Waals surface area contributed by atoms with Crippen LogP contribution >= 0.6 is 22.9 Å². The zero-order chi connectivity index (χ0) is 21.1. The van der Waals surface area contributed by atoms with Crippen LogP contribution in [0.15, 0.2) is 0 Å². The van der Waals surface area contributed by atoms with Crippen LogP contribution in [-0.2, 0) is 6.42 Å². The summed E-state index contributed by atoms with van der Waals surface area (Å²) in [7, 11) is 0. The molecule has 158 valence electrons. The Morgan fingerprint density at radius 1 is 1.34 bits per heavy atom. The molecule has 3 heterocycles. The number of likely N-dealkylation sites (N-methyl/N-ethyl adjacent to an activating group) is 1. The molecule has 11 heteroatoms. The van der Waals surface area contributed by atoms with E-state index >= 15 is 0 Å². The fraction of sp³-hybridized carbons (Fsp3) is 0.556. The molecule has 1 saturated heterocycles. The molecule has 3 rings (SSSR count). The zero-order valence-electron chi connectivity index (χ0n) is 16.6. The highest BCUT2D eigenvalue weighted by Gasteiger charge is 2.32. The summed E-state index contributed by atoms with van der Waals surface area (Å²) in [6.07, 6.45) is 1.36. The van der Waals surface area contributed by atoms with E-state index < -0.39 is 5.97 Å². The zero-order valence-corrected chi connectivity index (χ0v) is 18.2. The first-order valence-corrected chi connectivity index (χ1v) is 10.8. The number of imidazole rings is 1. The molecule has 9 nitrogen and oxygen atoms in total. The lowest BCUT2D eigenvalue weighted by Crippen LogP contribution is -2.59. The molecular formula is C18H25ClN6O3S. The Bertz CT molecular complexity index is 898. The average Bonchev–Trinajstić information content (AvgIpc) is 3.26. The minimum absolute atomic E-state index is 0.00809. The van der Waals surface area contributed by atoms with E-state index in [1.807, 2.05) is 13.8 Å². The fourth-order valence-electron chi connectivity index (χ4n) is 3.45. The van der Waals surface area contributed by atoms with Crippen molar-refractivity contribution in [3.63, 3.8) is 0 Å². The van der Waals surface area contributed by atoms with Crippen LogP contribution in [0.3, 0.4) is 0 Å². The number of piperidine rings is 1. The predicted octanol–water partition coefficient (Wildman–Crippen LogP) is 2.08. The number of rotatable bonds is 7. The van der Waals surface area contributed by atoms with Gasteiger partial charge in [-0.2, -0.15) is 0 Å². The van der Waals surface area contributed by atoms with Crippen LogP contribution in [0, 0.1) is 6.92 Å². The van der Waals surface area contributed by atoms with Gasteiger partial charge in [0.2, 0.25) is 0 Å². The van der Waals surface area contributed by atoms with Crippen LogP contribution < -0.4 is 15.5 Å². The Hall–Kier alpha value is -2.17. The quantitative estimate of drug-likeness (QED) is 0.519. The van der Waals surface area contributed by atoms with Crippen LogP contribution in [0.1, 0.15) is 51.9 Å². The van der Waals surface area contributed by atoms with Crippen LogP contribution in [0.5, 0.6) is 0 Å². The van der Waals surface area contributed by atoms with Gasteiger partial charge in [-0.15, -0.1) is 0 Å². The number of thiazole rings is 1. The second-order valence-electron chi connectivity index (χ2n) is 6.90. The molecule has 2 atom stereocenters. The van der Waals surface area contributed by atoms with Crippen molar-refractivity contribution in [1.29, 1.82) is 0 Å². The van der Waals surface area contributed by atoms with Gasteiger partial charge in [-0.1, -0.05) is 36.8 Å². The van der Waals surface area contributed by atoms with Crippen LogP contribution in [0.2, 0.25) is 5.15 Å². The number of carbonyl (C=O) groups is 2. The molecule has 0 aromatic carbocycles. The van der Waals surface area contributed by atoms with E-state index in [4.69, 9.17) is 11.6 Å². The molecule has 0 aliphatic carbocycles. The number of anilines is 1. The third kappa shape index (κ3) is 4.71. The minimum Gasteiger partial charge on any atom is -0.477 e. The number of aryl methyl sites for hydroxylation is 2. The predicted molar refractivity (Wildman–Crippen MR) is 112 cm³/mol. The summed E-state index contributed by atoms with van der Waals surface area (Å²) in [5, 5.41) is 16.8. The lowest BCUT2D eigenvalue weighted by atomic mass is 9.99. The van der Waals surface area contributed by atoms with Crippen LogP contribution in [-0.4, -0.2) is 63.7 Å². The van der Waals surface area contributed by atoms with E-state index in [9.17, 15) is 14.7 Å². The first-order valence-electron chi connectivity index (χ1n) is 9.58. The number of aromatic amines is 1. The van der Waals surface area contributed by atoms with Crippen molar-refractivity contribution >= 4 is 39.9 Å². The van der Waals surface area contributed by atoms with Crippen molar-refractivity contribution in [2.45, 2.75) is 45.7 Å². The van der Waals surface area contributed by atoms with E-state index in [1.165, 1.54) is 11.3 Å². The van der Waals surface area contributed by atoms with E-state index in [0.717, 1.165) is 12.2 Å². The topological polar surface area (TPSA) is 123 Å². The molecule has 0 radical (unpaired) electrons. The Morgan fingerprint density at radius 3 is 2.69 bits per heavy atom. The van der Waals surface area contributed by atoms with Gasteiger partial charge in [0, 0.05) is 25.2 Å². The maximum Gasteiger partial charge on any atom is 0.347 e. The molecule has 0 unspecified atom stereocenters. The first-order chi connectivity index (χ1) is 13.8. The summed E-state index contributed by atoms with van der Waals surface area (Å²) in [5.41, 5.74) is 1.26. The van der Waals surface area contributed by atoms with Gasteiger partial charge in [0.25, 0.3) is 5.91 Å². The largest absolute Gasteiger partial charge is 0.477 e. The van der Waals surface area contributed by atoms with Crippen molar-refractivity contribution in [2.24, 2.45) is 0 Å². The summed E-state index contributed by atoms with van der Waals surface area (Å²) in [5.74, 6) is -1.03. The van der Waals surface area contributed by atoms with Crippen molar-refractivity contribution < 1.29 is 14.7 Å². The number of hydrogen-bond donors (Lipinski definition) is 4. The average molecular weight is 441 g/mol. The number of aromatic carboxylic acids is 1. The standard InChI is InChI=1S/C18H25ClN6O3S/c1-4-10-14(19)24-15(22-10)16(26)23-11-6-7-25(8-12(11)20-5-2)18-21-9(3)13(29-18)17(27)28/h11-12,20H,4-8H2,1-3H3,(H,22,24)(H,23,26)(H,27,28)/t11-,12-/m0/s1. The number of carboxylic acid groups (broad SMARTS) is 1. The summed E-state index contributed by atoms with van der Waals surface area (Å²) >= 11 is 7.23. The van der Waals surface area contributed by atoms with Gasteiger partial charge in [0.1, 0.15) is 4.88 Å². The molecule has 1 amide bonds. The Labute approximate surface area is 177 Å². The number of aromatic nitrogens is 3. The molecule has 0 saturated carbocycles. The number of carbonyl (C=O) groups excluding carboxylic acids is 1.